The molecule has 0 unspecified atom stereocenters. The number of aliphatic hydroxyl groups excluding tert-OH is 1. The van der Waals surface area contributed by atoms with E-state index >= 15 is 0 Å². The number of nitrogens with zero attached hydrogens (tertiary/aromatic N) is 2. The van der Waals surface area contributed by atoms with Gasteiger partial charge in [-0.05, 0) is 50.1 Å². The Morgan fingerprint density at radius 1 is 1.14 bits per heavy atom. The zero-order valence-electron chi connectivity index (χ0n) is 19.7. The Hall–Kier alpha value is -3.98. The Balaban J connectivity index is 1.91. The van der Waals surface area contributed by atoms with Crippen molar-refractivity contribution in [2.75, 3.05) is 18.6 Å². The number of carbonyl (C=O) groups excluding carboxylic acids is 3. The Labute approximate surface area is 206 Å². The van der Waals surface area contributed by atoms with Crippen molar-refractivity contribution in [2.45, 2.75) is 26.8 Å². The van der Waals surface area contributed by atoms with Gasteiger partial charge in [-0.3, -0.25) is 14.5 Å². The molecule has 1 aliphatic heterocycles. The largest absolute Gasteiger partial charge is 0.507 e. The van der Waals surface area contributed by atoms with Crippen molar-refractivity contribution in [1.29, 1.82) is 0 Å². The summed E-state index contributed by atoms with van der Waals surface area (Å²) in [5, 5.41) is 11.5. The molecule has 8 nitrogen and oxygen atoms in total. The number of ether oxygens (including phenoxy) is 2. The van der Waals surface area contributed by atoms with Crippen molar-refractivity contribution in [2.24, 2.45) is 0 Å². The number of aryl methyl sites for hydroxylation is 2. The van der Waals surface area contributed by atoms with Crippen LogP contribution >= 0.6 is 11.3 Å². The van der Waals surface area contributed by atoms with E-state index in [1.165, 1.54) is 12.0 Å². The number of anilines is 1. The molecule has 1 fully saturated rings. The standard InChI is InChI=1S/C26H24N2O6S/c1-5-34-25(32)23-15(3)27-26(35-23)28-20(16-9-7-6-8-10-16)19(22(30)24(28)31)21(29)18-12-11-17(33-4)13-14(18)2/h6-13,20,29H,5H2,1-4H3/b21-19+/t20-/m0/s1. The molecule has 0 radical (unpaired) electrons. The Kier molecular flexibility index (Phi) is 6.70. The summed E-state index contributed by atoms with van der Waals surface area (Å²) in [6, 6.07) is 13.0. The maximum absolute atomic E-state index is 13.3. The van der Waals surface area contributed by atoms with Crippen molar-refractivity contribution in [3.63, 3.8) is 0 Å². The van der Waals surface area contributed by atoms with E-state index in [1.54, 1.807) is 63.2 Å². The molecule has 0 saturated carbocycles. The molecular weight excluding hydrogens is 468 g/mol. The van der Waals surface area contributed by atoms with E-state index in [2.05, 4.69) is 4.98 Å². The number of hydrogen-bond acceptors (Lipinski definition) is 8. The molecule has 1 amide bonds. The van der Waals surface area contributed by atoms with Gasteiger partial charge in [-0.1, -0.05) is 41.7 Å². The van der Waals surface area contributed by atoms with E-state index in [4.69, 9.17) is 9.47 Å². The van der Waals surface area contributed by atoms with Crippen LogP contribution in [0.4, 0.5) is 5.13 Å². The lowest BCUT2D eigenvalue weighted by atomic mass is 9.94. The van der Waals surface area contributed by atoms with Crippen molar-refractivity contribution in [1.82, 2.24) is 4.98 Å². The lowest BCUT2D eigenvalue weighted by Crippen LogP contribution is -2.29. The first kappa shape index (κ1) is 24.2. The van der Waals surface area contributed by atoms with Crippen molar-refractivity contribution < 1.29 is 29.0 Å². The summed E-state index contributed by atoms with van der Waals surface area (Å²) in [4.78, 5) is 44.9. The molecule has 2 heterocycles. The highest BCUT2D eigenvalue weighted by molar-refractivity contribution is 7.17. The van der Waals surface area contributed by atoms with Crippen molar-refractivity contribution in [3.05, 3.63) is 81.4 Å². The molecule has 1 atom stereocenters. The van der Waals surface area contributed by atoms with E-state index in [0.29, 0.717) is 28.1 Å². The molecule has 0 aliphatic carbocycles. The Bertz CT molecular complexity index is 1350. The van der Waals surface area contributed by atoms with Crippen LogP contribution in [0.25, 0.3) is 5.76 Å². The fourth-order valence-corrected chi connectivity index (χ4v) is 5.01. The number of benzene rings is 2. The highest BCUT2D eigenvalue weighted by atomic mass is 32.1. The fraction of sp³-hybridized carbons (Fsp3) is 0.231. The number of ketones is 1. The number of hydrogen-bond donors (Lipinski definition) is 1. The number of thiazole rings is 1. The predicted molar refractivity (Wildman–Crippen MR) is 132 cm³/mol. The lowest BCUT2D eigenvalue weighted by Gasteiger charge is -2.23. The summed E-state index contributed by atoms with van der Waals surface area (Å²) in [6.07, 6.45) is 0. The molecule has 2 aromatic carbocycles. The van der Waals surface area contributed by atoms with Gasteiger partial charge < -0.3 is 14.6 Å². The second kappa shape index (κ2) is 9.71. The SMILES string of the molecule is CCOC(=O)c1sc(N2C(=O)C(=O)/C(=C(/O)c3ccc(OC)cc3C)[C@@H]2c2ccccc2)nc1C. The molecule has 0 spiro atoms. The van der Waals surface area contributed by atoms with Gasteiger partial charge in [0.05, 0.1) is 31.0 Å². The Morgan fingerprint density at radius 3 is 2.49 bits per heavy atom. The topological polar surface area (TPSA) is 106 Å². The first-order valence-corrected chi connectivity index (χ1v) is 11.8. The summed E-state index contributed by atoms with van der Waals surface area (Å²) in [7, 11) is 1.54. The molecule has 3 aromatic rings. The molecule has 4 rings (SSSR count). The number of rotatable bonds is 6. The van der Waals surface area contributed by atoms with Crippen LogP contribution in [-0.4, -0.2) is 41.5 Å². The van der Waals surface area contributed by atoms with Crippen LogP contribution in [0.5, 0.6) is 5.75 Å². The van der Waals surface area contributed by atoms with Crippen LogP contribution in [-0.2, 0) is 14.3 Å². The summed E-state index contributed by atoms with van der Waals surface area (Å²) < 4.78 is 10.3. The molecule has 1 N–H and O–H groups in total. The number of aromatic nitrogens is 1. The lowest BCUT2D eigenvalue weighted by molar-refractivity contribution is -0.132. The molecule has 35 heavy (non-hydrogen) atoms. The number of Topliss-reactive ketones (excluding diaryl/α,β-unsaturated/α-hetero) is 1. The first-order valence-electron chi connectivity index (χ1n) is 10.9. The van der Waals surface area contributed by atoms with E-state index < -0.39 is 23.7 Å². The number of carbonyl (C=O) groups is 3. The molecule has 1 aromatic heterocycles. The number of methoxy groups -OCH3 is 1. The third kappa shape index (κ3) is 4.30. The second-order valence-corrected chi connectivity index (χ2v) is 8.87. The minimum absolute atomic E-state index is 0.0556. The maximum atomic E-state index is 13.3. The summed E-state index contributed by atoms with van der Waals surface area (Å²) in [5.41, 5.74) is 2.04. The van der Waals surface area contributed by atoms with Gasteiger partial charge in [0.25, 0.3) is 5.78 Å². The smallest absolute Gasteiger partial charge is 0.350 e. The first-order chi connectivity index (χ1) is 16.8. The second-order valence-electron chi connectivity index (χ2n) is 7.89. The van der Waals surface area contributed by atoms with Gasteiger partial charge in [0.15, 0.2) is 5.13 Å². The van der Waals surface area contributed by atoms with Crippen LogP contribution in [0.2, 0.25) is 0 Å². The molecule has 9 heteroatoms. The van der Waals surface area contributed by atoms with Crippen LogP contribution in [0.3, 0.4) is 0 Å². The zero-order valence-corrected chi connectivity index (χ0v) is 20.5. The van der Waals surface area contributed by atoms with E-state index in [1.807, 2.05) is 6.07 Å². The molecule has 1 aliphatic rings. The maximum Gasteiger partial charge on any atom is 0.350 e. The highest BCUT2D eigenvalue weighted by Crippen LogP contribution is 2.44. The average molecular weight is 493 g/mol. The van der Waals surface area contributed by atoms with Gasteiger partial charge in [0.2, 0.25) is 0 Å². The van der Waals surface area contributed by atoms with Gasteiger partial charge >= 0.3 is 11.9 Å². The van der Waals surface area contributed by atoms with Crippen LogP contribution in [0.1, 0.15) is 45.0 Å². The number of amides is 1. The van der Waals surface area contributed by atoms with Crippen molar-refractivity contribution in [3.8, 4) is 5.75 Å². The normalized spacial score (nSPS) is 17.0. The quantitative estimate of drug-likeness (QED) is 0.232. The third-order valence-electron chi connectivity index (χ3n) is 5.70. The average Bonchev–Trinajstić information content (AvgIpc) is 3.36. The highest BCUT2D eigenvalue weighted by Gasteiger charge is 2.48. The van der Waals surface area contributed by atoms with Gasteiger partial charge in [-0.15, -0.1) is 0 Å². The molecule has 180 valence electrons. The Morgan fingerprint density at radius 2 is 1.86 bits per heavy atom. The van der Waals surface area contributed by atoms with Gasteiger partial charge in [0, 0.05) is 5.56 Å². The van der Waals surface area contributed by atoms with E-state index in [9.17, 15) is 19.5 Å². The van der Waals surface area contributed by atoms with E-state index in [-0.39, 0.29) is 27.9 Å². The van der Waals surface area contributed by atoms with Gasteiger partial charge in [-0.25, -0.2) is 9.78 Å². The summed E-state index contributed by atoms with van der Waals surface area (Å²) >= 11 is 0.973. The monoisotopic (exact) mass is 492 g/mol. The number of aliphatic hydroxyl groups is 1. The van der Waals surface area contributed by atoms with Crippen molar-refractivity contribution >= 4 is 39.9 Å². The summed E-state index contributed by atoms with van der Waals surface area (Å²) in [5.74, 6) is -1.91. The van der Waals surface area contributed by atoms with E-state index in [0.717, 1.165) is 11.3 Å². The zero-order chi connectivity index (χ0) is 25.3. The molecular formula is C26H24N2O6S. The molecule has 0 bridgehead atoms. The van der Waals surface area contributed by atoms with Crippen LogP contribution in [0, 0.1) is 13.8 Å². The van der Waals surface area contributed by atoms with Gasteiger partial charge in [-0.2, -0.15) is 0 Å². The summed E-state index contributed by atoms with van der Waals surface area (Å²) in [6.45, 7) is 5.31. The predicted octanol–water partition coefficient (Wildman–Crippen LogP) is 4.57. The minimum atomic E-state index is -0.932. The van der Waals surface area contributed by atoms with Gasteiger partial charge in [0.1, 0.15) is 16.4 Å². The fourth-order valence-electron chi connectivity index (χ4n) is 4.03. The molecule has 1 saturated heterocycles. The minimum Gasteiger partial charge on any atom is -0.507 e. The third-order valence-corrected chi connectivity index (χ3v) is 6.84. The van der Waals surface area contributed by atoms with Crippen LogP contribution < -0.4 is 9.64 Å². The number of esters is 1. The van der Waals surface area contributed by atoms with Crippen LogP contribution in [0.15, 0.2) is 54.1 Å².